The molecule has 1 N–H and O–H groups in total. The third-order valence-corrected chi connectivity index (χ3v) is 6.00. The molecule has 0 bridgehead atoms. The first kappa shape index (κ1) is 19.6. The van der Waals surface area contributed by atoms with Crippen LogP contribution in [-0.2, 0) is 10.5 Å². The molecular formula is C21H21NO3S2. The summed E-state index contributed by atoms with van der Waals surface area (Å²) in [4.78, 5) is 25.2. The Balaban J connectivity index is 1.67. The van der Waals surface area contributed by atoms with Crippen LogP contribution in [0.25, 0.3) is 11.0 Å². The van der Waals surface area contributed by atoms with E-state index < -0.39 is 0 Å². The number of thioether (sulfide) groups is 2. The molecule has 6 heteroatoms. The number of hydrogen-bond acceptors (Lipinski definition) is 5. The number of benzene rings is 2. The van der Waals surface area contributed by atoms with Crippen LogP contribution in [-0.4, -0.2) is 17.9 Å². The second-order valence-electron chi connectivity index (χ2n) is 6.30. The standard InChI is InChI=1S/C21H21NO3S2/c1-13-7-18-15(9-21(24)25-19(18)8-14(13)2)11-27-12-20(23)22-16-5-4-6-17(10-16)26-3/h4-10H,11-12H2,1-3H3,(H,22,23). The van der Waals surface area contributed by atoms with Crippen molar-refractivity contribution in [1.29, 1.82) is 0 Å². The van der Waals surface area contributed by atoms with Crippen molar-refractivity contribution in [2.24, 2.45) is 0 Å². The first-order valence-corrected chi connectivity index (χ1v) is 10.9. The average molecular weight is 400 g/mol. The maximum Gasteiger partial charge on any atom is 0.336 e. The fourth-order valence-corrected chi connectivity index (χ4v) is 4.03. The highest BCUT2D eigenvalue weighted by Gasteiger charge is 2.09. The summed E-state index contributed by atoms with van der Waals surface area (Å²) in [5.41, 5.74) is 4.16. The first-order valence-electron chi connectivity index (χ1n) is 8.52. The summed E-state index contributed by atoms with van der Waals surface area (Å²) in [5.74, 6) is 0.830. The Bertz CT molecular complexity index is 1040. The smallest absolute Gasteiger partial charge is 0.336 e. The zero-order valence-corrected chi connectivity index (χ0v) is 17.1. The molecule has 0 saturated heterocycles. The third kappa shape index (κ3) is 4.96. The van der Waals surface area contributed by atoms with Crippen LogP contribution >= 0.6 is 23.5 Å². The van der Waals surface area contributed by atoms with Crippen LogP contribution in [0.3, 0.4) is 0 Å². The molecule has 3 aromatic rings. The van der Waals surface area contributed by atoms with Gasteiger partial charge in [0.2, 0.25) is 5.91 Å². The van der Waals surface area contributed by atoms with Crippen molar-refractivity contribution in [3.63, 3.8) is 0 Å². The molecule has 3 rings (SSSR count). The summed E-state index contributed by atoms with van der Waals surface area (Å²) in [6.45, 7) is 4.03. The fraction of sp³-hybridized carbons (Fsp3) is 0.238. The van der Waals surface area contributed by atoms with Crippen LogP contribution in [0.1, 0.15) is 16.7 Å². The Morgan fingerprint density at radius 1 is 1.11 bits per heavy atom. The van der Waals surface area contributed by atoms with Gasteiger partial charge in [0.15, 0.2) is 0 Å². The minimum Gasteiger partial charge on any atom is -0.423 e. The van der Waals surface area contributed by atoms with Gasteiger partial charge in [-0.25, -0.2) is 4.79 Å². The first-order chi connectivity index (χ1) is 13.0. The van der Waals surface area contributed by atoms with Crippen LogP contribution in [0, 0.1) is 13.8 Å². The lowest BCUT2D eigenvalue weighted by Crippen LogP contribution is -2.14. The molecule has 0 radical (unpaired) electrons. The summed E-state index contributed by atoms with van der Waals surface area (Å²) in [6.07, 6.45) is 2.00. The number of carbonyl (C=O) groups excluding carboxylic acids is 1. The monoisotopic (exact) mass is 399 g/mol. The van der Waals surface area contributed by atoms with Gasteiger partial charge in [0.05, 0.1) is 5.75 Å². The van der Waals surface area contributed by atoms with Crippen molar-refractivity contribution in [2.45, 2.75) is 24.5 Å². The molecule has 27 heavy (non-hydrogen) atoms. The molecule has 0 aliphatic heterocycles. The van der Waals surface area contributed by atoms with Crippen molar-refractivity contribution >= 4 is 46.1 Å². The number of amides is 1. The molecule has 4 nitrogen and oxygen atoms in total. The molecule has 1 aromatic heterocycles. The summed E-state index contributed by atoms with van der Waals surface area (Å²) in [7, 11) is 0. The van der Waals surface area contributed by atoms with Crippen molar-refractivity contribution in [3.8, 4) is 0 Å². The van der Waals surface area contributed by atoms with E-state index in [0.29, 0.717) is 17.1 Å². The van der Waals surface area contributed by atoms with E-state index in [-0.39, 0.29) is 11.5 Å². The van der Waals surface area contributed by atoms with E-state index in [1.807, 2.05) is 56.5 Å². The van der Waals surface area contributed by atoms with Gasteiger partial charge in [0.25, 0.3) is 0 Å². The van der Waals surface area contributed by atoms with E-state index in [1.54, 1.807) is 11.8 Å². The number of aryl methyl sites for hydroxylation is 2. The summed E-state index contributed by atoms with van der Waals surface area (Å²) in [6, 6.07) is 13.2. The summed E-state index contributed by atoms with van der Waals surface area (Å²) in [5, 5.41) is 3.84. The molecule has 0 saturated carbocycles. The van der Waals surface area contributed by atoms with Crippen LogP contribution in [0.15, 0.2) is 56.6 Å². The Morgan fingerprint density at radius 3 is 2.67 bits per heavy atom. The Labute approximate surface area is 166 Å². The quantitative estimate of drug-likeness (QED) is 0.467. The Morgan fingerprint density at radius 2 is 1.89 bits per heavy atom. The van der Waals surface area contributed by atoms with Crippen molar-refractivity contribution in [3.05, 3.63) is 69.6 Å². The lowest BCUT2D eigenvalue weighted by Gasteiger charge is -2.09. The molecule has 140 valence electrons. The lowest BCUT2D eigenvalue weighted by atomic mass is 10.0. The predicted octanol–water partition coefficient (Wildman–Crippen LogP) is 5.00. The molecule has 0 unspecified atom stereocenters. The van der Waals surface area contributed by atoms with Gasteiger partial charge in [-0.15, -0.1) is 23.5 Å². The number of rotatable bonds is 6. The molecular weight excluding hydrogens is 378 g/mol. The molecule has 0 spiro atoms. The van der Waals surface area contributed by atoms with Crippen molar-refractivity contribution < 1.29 is 9.21 Å². The highest BCUT2D eigenvalue weighted by Crippen LogP contribution is 2.25. The van der Waals surface area contributed by atoms with Gasteiger partial charge in [0, 0.05) is 27.8 Å². The number of anilines is 1. The Hall–Kier alpha value is -2.18. The van der Waals surface area contributed by atoms with Gasteiger partial charge < -0.3 is 9.73 Å². The highest BCUT2D eigenvalue weighted by molar-refractivity contribution is 7.99. The normalized spacial score (nSPS) is 10.9. The fourth-order valence-electron chi connectivity index (χ4n) is 2.75. The lowest BCUT2D eigenvalue weighted by molar-refractivity contribution is -0.113. The van der Waals surface area contributed by atoms with Gasteiger partial charge in [-0.3, -0.25) is 4.79 Å². The van der Waals surface area contributed by atoms with E-state index in [2.05, 4.69) is 5.32 Å². The van der Waals surface area contributed by atoms with E-state index in [1.165, 1.54) is 17.8 Å². The maximum atomic E-state index is 12.2. The molecule has 2 aromatic carbocycles. The van der Waals surface area contributed by atoms with Crippen molar-refractivity contribution in [2.75, 3.05) is 17.3 Å². The largest absolute Gasteiger partial charge is 0.423 e. The van der Waals surface area contributed by atoms with Crippen LogP contribution in [0.5, 0.6) is 0 Å². The second kappa shape index (κ2) is 8.67. The number of nitrogens with one attached hydrogen (secondary N) is 1. The van der Waals surface area contributed by atoms with E-state index in [0.717, 1.165) is 32.7 Å². The zero-order chi connectivity index (χ0) is 19.4. The van der Waals surface area contributed by atoms with Gasteiger partial charge in [0.1, 0.15) is 5.58 Å². The van der Waals surface area contributed by atoms with Crippen LogP contribution in [0.4, 0.5) is 5.69 Å². The zero-order valence-electron chi connectivity index (χ0n) is 15.5. The van der Waals surface area contributed by atoms with Gasteiger partial charge in [-0.1, -0.05) is 6.07 Å². The molecule has 0 fully saturated rings. The maximum absolute atomic E-state index is 12.2. The van der Waals surface area contributed by atoms with Crippen molar-refractivity contribution in [1.82, 2.24) is 0 Å². The molecule has 0 aliphatic rings. The molecule has 1 amide bonds. The minimum absolute atomic E-state index is 0.0578. The van der Waals surface area contributed by atoms with E-state index in [9.17, 15) is 9.59 Å². The number of fused-ring (bicyclic) bond motifs is 1. The van der Waals surface area contributed by atoms with Gasteiger partial charge in [-0.2, -0.15) is 0 Å². The number of carbonyl (C=O) groups is 1. The van der Waals surface area contributed by atoms with Crippen LogP contribution < -0.4 is 10.9 Å². The number of hydrogen-bond donors (Lipinski definition) is 1. The minimum atomic E-state index is -0.361. The second-order valence-corrected chi connectivity index (χ2v) is 8.16. The van der Waals surface area contributed by atoms with Crippen LogP contribution in [0.2, 0.25) is 0 Å². The molecule has 1 heterocycles. The van der Waals surface area contributed by atoms with Gasteiger partial charge >= 0.3 is 5.63 Å². The van der Waals surface area contributed by atoms with Gasteiger partial charge in [-0.05, 0) is 67.1 Å². The van der Waals surface area contributed by atoms with E-state index >= 15 is 0 Å². The summed E-state index contributed by atoms with van der Waals surface area (Å²) >= 11 is 3.11. The van der Waals surface area contributed by atoms with E-state index in [4.69, 9.17) is 4.42 Å². The Kier molecular flexibility index (Phi) is 6.29. The molecule has 0 aliphatic carbocycles. The SMILES string of the molecule is CSc1cccc(NC(=O)CSCc2cc(=O)oc3cc(C)c(C)cc23)c1. The third-order valence-electron chi connectivity index (χ3n) is 4.29. The average Bonchev–Trinajstić information content (AvgIpc) is 2.63. The predicted molar refractivity (Wildman–Crippen MR) is 115 cm³/mol. The topological polar surface area (TPSA) is 59.3 Å². The summed E-state index contributed by atoms with van der Waals surface area (Å²) < 4.78 is 5.32. The highest BCUT2D eigenvalue weighted by atomic mass is 32.2. The molecule has 0 atom stereocenters.